The Morgan fingerprint density at radius 3 is 2.58 bits per heavy atom. The van der Waals surface area contributed by atoms with Gasteiger partial charge in [-0.3, -0.25) is 9.79 Å². The molecule has 6 heteroatoms. The van der Waals surface area contributed by atoms with E-state index in [1.807, 2.05) is 12.1 Å². The maximum Gasteiger partial charge on any atom is 0.236 e. The zero-order valence-electron chi connectivity index (χ0n) is 10.8. The van der Waals surface area contributed by atoms with Crippen LogP contribution in [-0.2, 0) is 11.2 Å². The lowest BCUT2D eigenvalue weighted by atomic mass is 9.94. The molecule has 102 valence electrons. The highest BCUT2D eigenvalue weighted by atomic mass is 32.1. The number of aliphatic imine (C=N–C) groups is 1. The molecule has 1 unspecified atom stereocenters. The minimum atomic E-state index is -0.711. The van der Waals surface area contributed by atoms with Gasteiger partial charge < -0.3 is 15.2 Å². The third kappa shape index (κ3) is 2.53. The molecule has 1 atom stereocenters. The highest BCUT2D eigenvalue weighted by molar-refractivity contribution is 7.82. The van der Waals surface area contributed by atoms with E-state index in [2.05, 4.69) is 17.6 Å². The summed E-state index contributed by atoms with van der Waals surface area (Å²) in [6, 6.07) is 3.72. The molecule has 0 bridgehead atoms. The molecule has 19 heavy (non-hydrogen) atoms. The number of benzene rings is 1. The molecule has 2 N–H and O–H groups in total. The third-order valence-electron chi connectivity index (χ3n) is 3.08. The van der Waals surface area contributed by atoms with Crippen molar-refractivity contribution in [3.05, 3.63) is 23.3 Å². The lowest BCUT2D eigenvalue weighted by Gasteiger charge is -2.21. The number of ether oxygens (including phenoxy) is 2. The number of amides is 1. The first-order valence-corrected chi connectivity index (χ1v) is 6.37. The second-order valence-electron chi connectivity index (χ2n) is 4.19. The molecular formula is C13H16N2O3S. The summed E-state index contributed by atoms with van der Waals surface area (Å²) >= 11 is 4.23. The van der Waals surface area contributed by atoms with Crippen LogP contribution in [0.1, 0.15) is 11.1 Å². The Hall–Kier alpha value is -1.69. The standard InChI is InChI=1S/C13H16N2O3S/c1-17-9-5-7-3-4-15-11(12(19)13(14)16)8(7)6-10(9)18-2/h5-6,12,19H,3-4H2,1-2H3,(H2,14,16). The lowest BCUT2D eigenvalue weighted by molar-refractivity contribution is -0.116. The van der Waals surface area contributed by atoms with Gasteiger partial charge in [-0.05, 0) is 24.1 Å². The number of nitrogens with zero attached hydrogens (tertiary/aromatic N) is 1. The van der Waals surface area contributed by atoms with Crippen LogP contribution in [0.4, 0.5) is 0 Å². The molecule has 0 saturated carbocycles. The van der Waals surface area contributed by atoms with Crippen LogP contribution in [0.15, 0.2) is 17.1 Å². The molecule has 0 aromatic heterocycles. The minimum absolute atomic E-state index is 0.510. The Morgan fingerprint density at radius 2 is 2.00 bits per heavy atom. The van der Waals surface area contributed by atoms with E-state index < -0.39 is 11.2 Å². The van der Waals surface area contributed by atoms with E-state index in [0.717, 1.165) is 17.5 Å². The number of carbonyl (C=O) groups excluding carboxylic acids is 1. The fourth-order valence-corrected chi connectivity index (χ4v) is 2.34. The smallest absolute Gasteiger partial charge is 0.236 e. The predicted molar refractivity (Wildman–Crippen MR) is 76.6 cm³/mol. The molecule has 0 radical (unpaired) electrons. The Morgan fingerprint density at radius 1 is 1.37 bits per heavy atom. The monoisotopic (exact) mass is 280 g/mol. The van der Waals surface area contributed by atoms with Crippen LogP contribution in [0.5, 0.6) is 11.5 Å². The lowest BCUT2D eigenvalue weighted by Crippen LogP contribution is -2.34. The third-order valence-corrected chi connectivity index (χ3v) is 3.58. The van der Waals surface area contributed by atoms with Crippen LogP contribution < -0.4 is 15.2 Å². The topological polar surface area (TPSA) is 73.9 Å². The summed E-state index contributed by atoms with van der Waals surface area (Å²) in [6.07, 6.45) is 0.790. The zero-order valence-corrected chi connectivity index (χ0v) is 11.7. The van der Waals surface area contributed by atoms with E-state index in [1.54, 1.807) is 14.2 Å². The molecule has 0 spiro atoms. The number of hydrogen-bond donors (Lipinski definition) is 2. The van der Waals surface area contributed by atoms with Crippen LogP contribution in [-0.4, -0.2) is 37.6 Å². The molecule has 5 nitrogen and oxygen atoms in total. The Bertz CT molecular complexity index is 543. The molecule has 0 aliphatic carbocycles. The Labute approximate surface area is 117 Å². The highest BCUT2D eigenvalue weighted by Gasteiger charge is 2.25. The van der Waals surface area contributed by atoms with Crippen LogP contribution in [0, 0.1) is 0 Å². The summed E-state index contributed by atoms with van der Waals surface area (Å²) in [5.74, 6) is 0.753. The maximum atomic E-state index is 11.3. The fraction of sp³-hybridized carbons (Fsp3) is 0.385. The van der Waals surface area contributed by atoms with Gasteiger partial charge in [0.2, 0.25) is 5.91 Å². The molecule has 1 heterocycles. The molecule has 1 aromatic rings. The average molecular weight is 280 g/mol. The highest BCUT2D eigenvalue weighted by Crippen LogP contribution is 2.33. The summed E-state index contributed by atoms with van der Waals surface area (Å²) in [5, 5.41) is -0.711. The summed E-state index contributed by atoms with van der Waals surface area (Å²) in [4.78, 5) is 15.7. The second-order valence-corrected chi connectivity index (χ2v) is 4.70. The second kappa shape index (κ2) is 5.52. The van der Waals surface area contributed by atoms with Crippen LogP contribution in [0.25, 0.3) is 0 Å². The quantitative estimate of drug-likeness (QED) is 0.802. The van der Waals surface area contributed by atoms with Crippen molar-refractivity contribution in [2.45, 2.75) is 11.7 Å². The molecule has 1 aliphatic heterocycles. The Balaban J connectivity index is 2.51. The molecule has 2 rings (SSSR count). The number of fused-ring (bicyclic) bond motifs is 1. The largest absolute Gasteiger partial charge is 0.493 e. The van der Waals surface area contributed by atoms with Gasteiger partial charge in [0, 0.05) is 12.1 Å². The number of hydrogen-bond acceptors (Lipinski definition) is 5. The van der Waals surface area contributed by atoms with E-state index in [9.17, 15) is 4.79 Å². The van der Waals surface area contributed by atoms with E-state index in [-0.39, 0.29) is 0 Å². The normalized spacial score (nSPS) is 15.2. The number of thiol groups is 1. The van der Waals surface area contributed by atoms with Crippen molar-refractivity contribution in [3.8, 4) is 11.5 Å². The number of primary amides is 1. The maximum absolute atomic E-state index is 11.3. The molecular weight excluding hydrogens is 264 g/mol. The number of methoxy groups -OCH3 is 2. The fourth-order valence-electron chi connectivity index (χ4n) is 2.12. The van der Waals surface area contributed by atoms with Crippen molar-refractivity contribution in [1.82, 2.24) is 0 Å². The number of carbonyl (C=O) groups is 1. The first-order valence-electron chi connectivity index (χ1n) is 5.85. The van der Waals surface area contributed by atoms with Gasteiger partial charge in [0.05, 0.1) is 19.9 Å². The van der Waals surface area contributed by atoms with Crippen molar-refractivity contribution in [1.29, 1.82) is 0 Å². The summed E-state index contributed by atoms with van der Waals surface area (Å²) in [7, 11) is 3.16. The Kier molecular flexibility index (Phi) is 3.99. The molecule has 1 aliphatic rings. The van der Waals surface area contributed by atoms with E-state index >= 15 is 0 Å². The van der Waals surface area contributed by atoms with Crippen molar-refractivity contribution in [2.24, 2.45) is 10.7 Å². The van der Waals surface area contributed by atoms with Crippen LogP contribution in [0.2, 0.25) is 0 Å². The van der Waals surface area contributed by atoms with Gasteiger partial charge in [-0.15, -0.1) is 0 Å². The zero-order chi connectivity index (χ0) is 14.0. The van der Waals surface area contributed by atoms with Gasteiger partial charge in [0.1, 0.15) is 5.25 Å². The average Bonchev–Trinajstić information content (AvgIpc) is 2.44. The minimum Gasteiger partial charge on any atom is -0.493 e. The molecule has 1 amide bonds. The first-order chi connectivity index (χ1) is 9.08. The SMILES string of the molecule is COc1cc2c(cc1OC)C(C(S)C(N)=O)=NCC2. The van der Waals surface area contributed by atoms with Gasteiger partial charge in [-0.1, -0.05) is 0 Å². The van der Waals surface area contributed by atoms with Gasteiger partial charge in [0.15, 0.2) is 11.5 Å². The van der Waals surface area contributed by atoms with Crippen molar-refractivity contribution in [3.63, 3.8) is 0 Å². The van der Waals surface area contributed by atoms with Crippen LogP contribution >= 0.6 is 12.6 Å². The molecule has 0 saturated heterocycles. The van der Waals surface area contributed by atoms with E-state index in [4.69, 9.17) is 15.2 Å². The van der Waals surface area contributed by atoms with E-state index in [0.29, 0.717) is 23.8 Å². The van der Waals surface area contributed by atoms with Gasteiger partial charge in [-0.2, -0.15) is 12.6 Å². The summed E-state index contributed by atoms with van der Waals surface area (Å²) < 4.78 is 10.5. The summed E-state index contributed by atoms with van der Waals surface area (Å²) in [6.45, 7) is 0.613. The van der Waals surface area contributed by atoms with Gasteiger partial charge >= 0.3 is 0 Å². The first kappa shape index (κ1) is 13.7. The van der Waals surface area contributed by atoms with Crippen LogP contribution in [0.3, 0.4) is 0 Å². The summed E-state index contributed by atoms with van der Waals surface area (Å²) in [5.41, 5.74) is 7.80. The predicted octanol–water partition coefficient (Wildman–Crippen LogP) is 0.833. The van der Waals surface area contributed by atoms with Crippen molar-refractivity contribution < 1.29 is 14.3 Å². The van der Waals surface area contributed by atoms with Crippen molar-refractivity contribution >= 4 is 24.2 Å². The van der Waals surface area contributed by atoms with Crippen molar-refractivity contribution in [2.75, 3.05) is 20.8 Å². The number of rotatable bonds is 4. The van der Waals surface area contributed by atoms with Gasteiger partial charge in [0.25, 0.3) is 0 Å². The molecule has 1 aromatic carbocycles. The van der Waals surface area contributed by atoms with Gasteiger partial charge in [-0.25, -0.2) is 0 Å². The molecule has 0 fully saturated rings. The number of nitrogens with two attached hydrogens (primary N) is 1. The van der Waals surface area contributed by atoms with E-state index in [1.165, 1.54) is 0 Å².